The van der Waals surface area contributed by atoms with Gasteiger partial charge in [0.1, 0.15) is 0 Å². The van der Waals surface area contributed by atoms with E-state index in [-0.39, 0.29) is 6.04 Å². The number of nitrogens with zero attached hydrogens (tertiary/aromatic N) is 3. The molecule has 0 aliphatic rings. The number of benzene rings is 1. The maximum absolute atomic E-state index is 9.13. The van der Waals surface area contributed by atoms with Crippen molar-refractivity contribution < 1.29 is 0 Å². The highest BCUT2D eigenvalue weighted by molar-refractivity contribution is 5.46. The SMILES string of the molecule is Cn1cncc1C(C#N)Nc1ccccc1. The van der Waals surface area contributed by atoms with Crippen molar-refractivity contribution in [3.63, 3.8) is 0 Å². The molecule has 1 N–H and O–H groups in total. The van der Waals surface area contributed by atoms with Gasteiger partial charge in [0.15, 0.2) is 6.04 Å². The number of para-hydroxylation sites is 1. The van der Waals surface area contributed by atoms with E-state index >= 15 is 0 Å². The molecule has 1 atom stereocenters. The summed E-state index contributed by atoms with van der Waals surface area (Å²) in [5.41, 5.74) is 1.78. The Morgan fingerprint density at radius 2 is 2.12 bits per heavy atom. The van der Waals surface area contributed by atoms with E-state index in [1.807, 2.05) is 41.9 Å². The van der Waals surface area contributed by atoms with Gasteiger partial charge >= 0.3 is 0 Å². The molecule has 2 rings (SSSR count). The Morgan fingerprint density at radius 1 is 1.38 bits per heavy atom. The average molecular weight is 212 g/mol. The number of imidazole rings is 1. The van der Waals surface area contributed by atoms with Crippen molar-refractivity contribution in [2.24, 2.45) is 7.05 Å². The summed E-state index contributed by atoms with van der Waals surface area (Å²) in [6, 6.07) is 11.5. The number of hydrogen-bond donors (Lipinski definition) is 1. The molecule has 80 valence electrons. The minimum absolute atomic E-state index is 0.380. The van der Waals surface area contributed by atoms with Gasteiger partial charge in [-0.1, -0.05) is 18.2 Å². The number of nitriles is 1. The second kappa shape index (κ2) is 4.49. The summed E-state index contributed by atoms with van der Waals surface area (Å²) in [7, 11) is 1.87. The molecule has 0 fully saturated rings. The zero-order valence-electron chi connectivity index (χ0n) is 8.96. The highest BCUT2D eigenvalue weighted by atomic mass is 15.1. The van der Waals surface area contributed by atoms with Crippen LogP contribution in [-0.2, 0) is 7.05 Å². The number of aromatic nitrogens is 2. The Bertz CT molecular complexity index is 495. The summed E-state index contributed by atoms with van der Waals surface area (Å²) in [5, 5.41) is 12.3. The van der Waals surface area contributed by atoms with Crippen molar-refractivity contribution in [3.05, 3.63) is 48.5 Å². The zero-order valence-corrected chi connectivity index (χ0v) is 8.96. The van der Waals surface area contributed by atoms with Crippen molar-refractivity contribution in [3.8, 4) is 6.07 Å². The molecular formula is C12H12N4. The van der Waals surface area contributed by atoms with Crippen LogP contribution in [0, 0.1) is 11.3 Å². The van der Waals surface area contributed by atoms with E-state index in [0.29, 0.717) is 0 Å². The molecule has 4 nitrogen and oxygen atoms in total. The molecule has 1 aromatic heterocycles. The minimum atomic E-state index is -0.380. The normalized spacial score (nSPS) is 11.8. The number of aryl methyl sites for hydroxylation is 1. The van der Waals surface area contributed by atoms with Gasteiger partial charge in [0, 0.05) is 12.7 Å². The molecule has 0 radical (unpaired) electrons. The van der Waals surface area contributed by atoms with Crippen molar-refractivity contribution in [1.29, 1.82) is 5.26 Å². The second-order valence-electron chi connectivity index (χ2n) is 3.50. The molecule has 0 aliphatic heterocycles. The lowest BCUT2D eigenvalue weighted by atomic mass is 10.2. The molecule has 0 saturated heterocycles. The van der Waals surface area contributed by atoms with Gasteiger partial charge in [-0.25, -0.2) is 4.98 Å². The van der Waals surface area contributed by atoms with Gasteiger partial charge in [0.25, 0.3) is 0 Å². The molecule has 0 amide bonds. The molecule has 2 aromatic rings. The predicted molar refractivity (Wildman–Crippen MR) is 61.6 cm³/mol. The molecular weight excluding hydrogens is 200 g/mol. The van der Waals surface area contributed by atoms with E-state index < -0.39 is 0 Å². The van der Waals surface area contributed by atoms with Gasteiger partial charge in [0.05, 0.1) is 24.3 Å². The summed E-state index contributed by atoms with van der Waals surface area (Å²) in [4.78, 5) is 4.00. The van der Waals surface area contributed by atoms with Crippen LogP contribution in [0.4, 0.5) is 5.69 Å². The number of anilines is 1. The highest BCUT2D eigenvalue weighted by Crippen LogP contribution is 2.17. The third-order valence-electron chi connectivity index (χ3n) is 2.36. The van der Waals surface area contributed by atoms with E-state index in [4.69, 9.17) is 5.26 Å². The van der Waals surface area contributed by atoms with Crippen LogP contribution in [0.5, 0.6) is 0 Å². The molecule has 0 saturated carbocycles. The molecule has 1 heterocycles. The first-order chi connectivity index (χ1) is 7.81. The molecule has 4 heteroatoms. The van der Waals surface area contributed by atoms with Crippen LogP contribution in [-0.4, -0.2) is 9.55 Å². The van der Waals surface area contributed by atoms with Gasteiger partial charge in [0.2, 0.25) is 0 Å². The van der Waals surface area contributed by atoms with Crippen LogP contribution in [0.25, 0.3) is 0 Å². The average Bonchev–Trinajstić information content (AvgIpc) is 2.74. The molecule has 16 heavy (non-hydrogen) atoms. The third-order valence-corrected chi connectivity index (χ3v) is 2.36. The fourth-order valence-electron chi connectivity index (χ4n) is 1.52. The maximum Gasteiger partial charge on any atom is 0.156 e. The molecule has 0 spiro atoms. The third kappa shape index (κ3) is 2.04. The van der Waals surface area contributed by atoms with E-state index in [1.54, 1.807) is 12.5 Å². The van der Waals surface area contributed by atoms with Crippen molar-refractivity contribution in [2.75, 3.05) is 5.32 Å². The van der Waals surface area contributed by atoms with Crippen molar-refractivity contribution in [1.82, 2.24) is 9.55 Å². The Labute approximate surface area is 94.2 Å². The second-order valence-corrected chi connectivity index (χ2v) is 3.50. The molecule has 1 unspecified atom stereocenters. The van der Waals surface area contributed by atoms with Gasteiger partial charge < -0.3 is 9.88 Å². The van der Waals surface area contributed by atoms with Crippen LogP contribution < -0.4 is 5.32 Å². The largest absolute Gasteiger partial charge is 0.365 e. The summed E-state index contributed by atoms with van der Waals surface area (Å²) in [6.07, 6.45) is 3.39. The van der Waals surface area contributed by atoms with Crippen LogP contribution in [0.3, 0.4) is 0 Å². The summed E-state index contributed by atoms with van der Waals surface area (Å²) < 4.78 is 1.84. The maximum atomic E-state index is 9.13. The molecule has 0 bridgehead atoms. The van der Waals surface area contributed by atoms with E-state index in [1.165, 1.54) is 0 Å². The Balaban J connectivity index is 2.20. The number of rotatable bonds is 3. The van der Waals surface area contributed by atoms with E-state index in [0.717, 1.165) is 11.4 Å². The summed E-state index contributed by atoms with van der Waals surface area (Å²) >= 11 is 0. The van der Waals surface area contributed by atoms with Crippen LogP contribution in [0.1, 0.15) is 11.7 Å². The van der Waals surface area contributed by atoms with Crippen LogP contribution >= 0.6 is 0 Å². The van der Waals surface area contributed by atoms with Gasteiger partial charge in [-0.05, 0) is 12.1 Å². The fourth-order valence-corrected chi connectivity index (χ4v) is 1.52. The van der Waals surface area contributed by atoms with Crippen molar-refractivity contribution in [2.45, 2.75) is 6.04 Å². The Kier molecular flexibility index (Phi) is 2.88. The monoisotopic (exact) mass is 212 g/mol. The van der Waals surface area contributed by atoms with Crippen LogP contribution in [0.15, 0.2) is 42.9 Å². The number of nitrogens with one attached hydrogen (secondary N) is 1. The summed E-state index contributed by atoms with van der Waals surface area (Å²) in [6.45, 7) is 0. The van der Waals surface area contributed by atoms with Crippen molar-refractivity contribution >= 4 is 5.69 Å². The van der Waals surface area contributed by atoms with Crippen LogP contribution in [0.2, 0.25) is 0 Å². The van der Waals surface area contributed by atoms with Gasteiger partial charge in [-0.15, -0.1) is 0 Å². The number of hydrogen-bond acceptors (Lipinski definition) is 3. The first-order valence-electron chi connectivity index (χ1n) is 4.98. The minimum Gasteiger partial charge on any atom is -0.365 e. The van der Waals surface area contributed by atoms with E-state index in [2.05, 4.69) is 16.4 Å². The Hall–Kier alpha value is -2.28. The molecule has 1 aromatic carbocycles. The fraction of sp³-hybridized carbons (Fsp3) is 0.167. The van der Waals surface area contributed by atoms with E-state index in [9.17, 15) is 0 Å². The zero-order chi connectivity index (χ0) is 11.4. The van der Waals surface area contributed by atoms with Gasteiger partial charge in [-0.3, -0.25) is 0 Å². The smallest absolute Gasteiger partial charge is 0.156 e. The molecule has 0 aliphatic carbocycles. The Morgan fingerprint density at radius 3 is 2.69 bits per heavy atom. The van der Waals surface area contributed by atoms with Gasteiger partial charge in [-0.2, -0.15) is 5.26 Å². The quantitative estimate of drug-likeness (QED) is 0.847. The first kappa shape index (κ1) is 10.2. The lowest BCUT2D eigenvalue weighted by Gasteiger charge is -2.12. The lowest BCUT2D eigenvalue weighted by molar-refractivity contribution is 0.799. The first-order valence-corrected chi connectivity index (χ1v) is 4.98. The standard InChI is InChI=1S/C12H12N4/c1-16-9-14-8-12(16)11(7-13)15-10-5-3-2-4-6-10/h2-6,8-9,11,15H,1H3. The summed E-state index contributed by atoms with van der Waals surface area (Å²) in [5.74, 6) is 0. The highest BCUT2D eigenvalue weighted by Gasteiger charge is 2.13. The predicted octanol–water partition coefficient (Wildman–Crippen LogP) is 2.10. The lowest BCUT2D eigenvalue weighted by Crippen LogP contribution is -2.11. The topological polar surface area (TPSA) is 53.6 Å².